The van der Waals surface area contributed by atoms with E-state index in [9.17, 15) is 18.0 Å². The second-order valence-electron chi connectivity index (χ2n) is 7.38. The smallest absolute Gasteiger partial charge is 0.306 e. The van der Waals surface area contributed by atoms with Crippen LogP contribution in [0.4, 0.5) is 13.2 Å². The maximum atomic E-state index is 13.0. The Morgan fingerprint density at radius 2 is 2.07 bits per heavy atom. The van der Waals surface area contributed by atoms with Gasteiger partial charge in [-0.05, 0) is 38.0 Å². The topological polar surface area (TPSA) is 52.2 Å². The molecule has 1 fully saturated rings. The van der Waals surface area contributed by atoms with E-state index in [1.54, 1.807) is 12.1 Å². The number of hydrogen-bond donors (Lipinski definition) is 1. The monoisotopic (exact) mass is 394 g/mol. The summed E-state index contributed by atoms with van der Waals surface area (Å²) >= 11 is 0. The summed E-state index contributed by atoms with van der Waals surface area (Å²) in [6.45, 7) is 6.88. The van der Waals surface area contributed by atoms with Gasteiger partial charge in [0.15, 0.2) is 5.69 Å². The Kier molecular flexibility index (Phi) is 6.20. The molecule has 0 spiro atoms. The number of hydrogen-bond acceptors (Lipinski definition) is 4. The number of rotatable bonds is 6. The molecule has 3 rings (SSSR count). The van der Waals surface area contributed by atoms with Crippen LogP contribution >= 0.6 is 0 Å². The van der Waals surface area contributed by atoms with Crippen LogP contribution in [0.1, 0.15) is 24.6 Å². The molecule has 1 aromatic carbocycles. The first-order valence-corrected chi connectivity index (χ1v) is 9.44. The molecule has 1 saturated heterocycles. The molecule has 1 N–H and O–H groups in total. The highest BCUT2D eigenvalue weighted by atomic mass is 19.4. The van der Waals surface area contributed by atoms with Gasteiger partial charge in [-0.2, -0.15) is 13.2 Å². The van der Waals surface area contributed by atoms with Gasteiger partial charge >= 0.3 is 6.18 Å². The third kappa shape index (κ3) is 4.99. The van der Waals surface area contributed by atoms with E-state index in [0.29, 0.717) is 24.1 Å². The average molecular weight is 394 g/mol. The summed E-state index contributed by atoms with van der Waals surface area (Å²) in [4.78, 5) is 22.4. The molecule has 152 valence electrons. The molecule has 2 aromatic rings. The molecule has 0 aliphatic carbocycles. The fourth-order valence-corrected chi connectivity index (χ4v) is 3.76. The number of aromatic nitrogens is 2. The Hall–Kier alpha value is -2.19. The Balaban J connectivity index is 1.80. The molecule has 8 heteroatoms. The standard InChI is InChI=1S/C20H25F3N4O/c1-3-27-9-8-14(12-27)11-26(2)13-15-6-4-5-7-16(15)19-24-17(20(21,22)23)10-18(28)25-19/h4-7,10,14H,3,8-9,11-13H2,1-2H3,(H,24,25,28). The summed E-state index contributed by atoms with van der Waals surface area (Å²) in [5, 5.41) is 0. The fraction of sp³-hybridized carbons (Fsp3) is 0.500. The first kappa shape index (κ1) is 20.5. The van der Waals surface area contributed by atoms with Crippen molar-refractivity contribution in [3.8, 4) is 11.4 Å². The number of H-pyrrole nitrogens is 1. The first-order valence-electron chi connectivity index (χ1n) is 9.44. The minimum Gasteiger partial charge on any atom is -0.306 e. The minimum absolute atomic E-state index is 0.0538. The van der Waals surface area contributed by atoms with Crippen molar-refractivity contribution in [3.63, 3.8) is 0 Å². The van der Waals surface area contributed by atoms with E-state index >= 15 is 0 Å². The normalized spacial score (nSPS) is 18.1. The predicted octanol–water partition coefficient (Wildman–Crippen LogP) is 3.23. The molecule has 5 nitrogen and oxygen atoms in total. The molecule has 1 aliphatic heterocycles. The molecule has 1 aromatic heterocycles. The fourth-order valence-electron chi connectivity index (χ4n) is 3.76. The van der Waals surface area contributed by atoms with Crippen LogP contribution in [-0.2, 0) is 12.7 Å². The van der Waals surface area contributed by atoms with Crippen LogP contribution < -0.4 is 5.56 Å². The molecular weight excluding hydrogens is 369 g/mol. The van der Waals surface area contributed by atoms with E-state index in [1.807, 2.05) is 19.2 Å². The quantitative estimate of drug-likeness (QED) is 0.817. The SMILES string of the molecule is CCN1CCC(CN(C)Cc2ccccc2-c2nc(C(F)(F)F)cc(=O)[nH]2)C1. The first-order chi connectivity index (χ1) is 13.3. The number of alkyl halides is 3. The minimum atomic E-state index is -4.66. The zero-order valence-electron chi connectivity index (χ0n) is 16.1. The lowest BCUT2D eigenvalue weighted by atomic mass is 10.0. The van der Waals surface area contributed by atoms with Gasteiger partial charge in [-0.1, -0.05) is 31.2 Å². The highest BCUT2D eigenvalue weighted by molar-refractivity contribution is 5.60. The molecule has 28 heavy (non-hydrogen) atoms. The molecule has 0 saturated carbocycles. The van der Waals surface area contributed by atoms with Crippen molar-refractivity contribution in [1.82, 2.24) is 19.8 Å². The Bertz CT molecular complexity index is 865. The number of halogens is 3. The van der Waals surface area contributed by atoms with E-state index in [2.05, 4.69) is 26.7 Å². The van der Waals surface area contributed by atoms with E-state index < -0.39 is 17.4 Å². The molecule has 0 radical (unpaired) electrons. The maximum absolute atomic E-state index is 13.0. The summed E-state index contributed by atoms with van der Waals surface area (Å²) in [5.41, 5.74) is -0.650. The lowest BCUT2D eigenvalue weighted by Gasteiger charge is -2.22. The Morgan fingerprint density at radius 1 is 1.32 bits per heavy atom. The van der Waals surface area contributed by atoms with Crippen molar-refractivity contribution in [2.75, 3.05) is 33.2 Å². The zero-order chi connectivity index (χ0) is 20.3. The zero-order valence-corrected chi connectivity index (χ0v) is 16.1. The van der Waals surface area contributed by atoms with E-state index in [0.717, 1.165) is 38.2 Å². The Morgan fingerprint density at radius 3 is 2.75 bits per heavy atom. The van der Waals surface area contributed by atoms with Crippen LogP contribution in [0, 0.1) is 5.92 Å². The average Bonchev–Trinajstić information content (AvgIpc) is 3.08. The van der Waals surface area contributed by atoms with Crippen LogP contribution in [0.15, 0.2) is 35.1 Å². The summed E-state index contributed by atoms with van der Waals surface area (Å²) in [5.74, 6) is 0.533. The number of nitrogens with one attached hydrogen (secondary N) is 1. The number of aromatic amines is 1. The summed E-state index contributed by atoms with van der Waals surface area (Å²) < 4.78 is 39.1. The van der Waals surface area contributed by atoms with Gasteiger partial charge in [-0.25, -0.2) is 4.98 Å². The molecule has 0 bridgehead atoms. The van der Waals surface area contributed by atoms with Gasteiger partial charge in [0.25, 0.3) is 5.56 Å². The number of benzene rings is 1. The third-order valence-electron chi connectivity index (χ3n) is 5.13. The maximum Gasteiger partial charge on any atom is 0.433 e. The molecule has 1 atom stereocenters. The van der Waals surface area contributed by atoms with E-state index in [4.69, 9.17) is 0 Å². The van der Waals surface area contributed by atoms with Gasteiger partial charge in [-0.15, -0.1) is 0 Å². The van der Waals surface area contributed by atoms with Crippen LogP contribution in [0.3, 0.4) is 0 Å². The van der Waals surface area contributed by atoms with E-state index in [1.165, 1.54) is 0 Å². The third-order valence-corrected chi connectivity index (χ3v) is 5.13. The van der Waals surface area contributed by atoms with Crippen molar-refractivity contribution < 1.29 is 13.2 Å². The van der Waals surface area contributed by atoms with Gasteiger partial charge in [-0.3, -0.25) is 4.79 Å². The van der Waals surface area contributed by atoms with Crippen molar-refractivity contribution in [2.24, 2.45) is 5.92 Å². The largest absolute Gasteiger partial charge is 0.433 e. The van der Waals surface area contributed by atoms with Crippen molar-refractivity contribution in [3.05, 3.63) is 51.9 Å². The van der Waals surface area contributed by atoms with Crippen LogP contribution in [0.25, 0.3) is 11.4 Å². The van der Waals surface area contributed by atoms with Gasteiger partial charge in [0.05, 0.1) is 0 Å². The molecule has 1 unspecified atom stereocenters. The summed E-state index contributed by atoms with van der Waals surface area (Å²) in [7, 11) is 2.01. The van der Waals surface area contributed by atoms with Crippen molar-refractivity contribution in [2.45, 2.75) is 26.1 Å². The van der Waals surface area contributed by atoms with Gasteiger partial charge in [0.2, 0.25) is 0 Å². The van der Waals surface area contributed by atoms with Crippen LogP contribution in [-0.4, -0.2) is 53.0 Å². The molecule has 1 aliphatic rings. The van der Waals surface area contributed by atoms with Crippen LogP contribution in [0.2, 0.25) is 0 Å². The van der Waals surface area contributed by atoms with Crippen molar-refractivity contribution >= 4 is 0 Å². The highest BCUT2D eigenvalue weighted by Crippen LogP contribution is 2.29. The number of likely N-dealkylation sites (tertiary alicyclic amines) is 1. The predicted molar refractivity (Wildman–Crippen MR) is 102 cm³/mol. The van der Waals surface area contributed by atoms with Gasteiger partial charge < -0.3 is 14.8 Å². The lowest BCUT2D eigenvalue weighted by molar-refractivity contribution is -0.141. The van der Waals surface area contributed by atoms with Gasteiger partial charge in [0.1, 0.15) is 5.82 Å². The van der Waals surface area contributed by atoms with E-state index in [-0.39, 0.29) is 5.82 Å². The second kappa shape index (κ2) is 8.45. The molecule has 2 heterocycles. The summed E-state index contributed by atoms with van der Waals surface area (Å²) in [6, 6.07) is 7.61. The highest BCUT2D eigenvalue weighted by Gasteiger charge is 2.33. The second-order valence-corrected chi connectivity index (χ2v) is 7.38. The van der Waals surface area contributed by atoms with Crippen molar-refractivity contribution in [1.29, 1.82) is 0 Å². The Labute approximate surface area is 162 Å². The number of nitrogens with zero attached hydrogens (tertiary/aromatic N) is 3. The summed E-state index contributed by atoms with van der Waals surface area (Å²) in [6.07, 6.45) is -3.51. The molecule has 0 amide bonds. The lowest BCUT2D eigenvalue weighted by Crippen LogP contribution is -2.28. The molecular formula is C20H25F3N4O. The van der Waals surface area contributed by atoms with Gasteiger partial charge in [0, 0.05) is 31.3 Å². The van der Waals surface area contributed by atoms with Crippen LogP contribution in [0.5, 0.6) is 0 Å².